The van der Waals surface area contributed by atoms with Crippen LogP contribution >= 0.6 is 0 Å². The zero-order valence-electron chi connectivity index (χ0n) is 11.9. The maximum absolute atomic E-state index is 4.65. The molecule has 1 aromatic rings. The molecule has 0 spiro atoms. The van der Waals surface area contributed by atoms with Gasteiger partial charge in [0.05, 0.1) is 5.69 Å². The Kier molecular flexibility index (Phi) is 4.78. The summed E-state index contributed by atoms with van der Waals surface area (Å²) in [5.41, 5.74) is 1.20. The van der Waals surface area contributed by atoms with E-state index in [1.807, 2.05) is 4.68 Å². The van der Waals surface area contributed by atoms with E-state index in [0.29, 0.717) is 6.04 Å². The van der Waals surface area contributed by atoms with Crippen molar-refractivity contribution in [3.05, 3.63) is 18.0 Å². The largest absolute Gasteiger partial charge is 0.317 e. The molecule has 1 N–H and O–H groups in total. The van der Waals surface area contributed by atoms with Gasteiger partial charge >= 0.3 is 0 Å². The summed E-state index contributed by atoms with van der Waals surface area (Å²) in [5.74, 6) is 0. The van der Waals surface area contributed by atoms with Gasteiger partial charge in [0.1, 0.15) is 0 Å². The molecule has 0 amide bonds. The third-order valence-corrected chi connectivity index (χ3v) is 3.79. The van der Waals surface area contributed by atoms with E-state index in [2.05, 4.69) is 48.3 Å². The van der Waals surface area contributed by atoms with Crippen molar-refractivity contribution in [2.24, 2.45) is 0 Å². The average molecular weight is 250 g/mol. The van der Waals surface area contributed by atoms with Gasteiger partial charge < -0.3 is 5.32 Å². The van der Waals surface area contributed by atoms with Crippen molar-refractivity contribution in [2.75, 3.05) is 19.6 Å². The molecule has 4 nitrogen and oxygen atoms in total. The topological polar surface area (TPSA) is 33.1 Å². The Labute approximate surface area is 110 Å². The summed E-state index contributed by atoms with van der Waals surface area (Å²) in [6.07, 6.45) is 4.62. The molecular weight excluding hydrogens is 224 g/mol. The van der Waals surface area contributed by atoms with Crippen molar-refractivity contribution in [3.63, 3.8) is 0 Å². The molecule has 2 heterocycles. The highest BCUT2D eigenvalue weighted by Gasteiger charge is 2.20. The summed E-state index contributed by atoms with van der Waals surface area (Å²) in [6, 6.07) is 3.33. The van der Waals surface area contributed by atoms with Crippen LogP contribution in [0.15, 0.2) is 12.3 Å². The highest BCUT2D eigenvalue weighted by molar-refractivity contribution is 5.00. The van der Waals surface area contributed by atoms with Crippen LogP contribution in [0.3, 0.4) is 0 Å². The van der Waals surface area contributed by atoms with E-state index in [1.165, 1.54) is 18.5 Å². The lowest BCUT2D eigenvalue weighted by atomic mass is 10.0. The molecule has 0 aromatic carbocycles. The fraction of sp³-hybridized carbons (Fsp3) is 0.786. The van der Waals surface area contributed by atoms with Crippen LogP contribution < -0.4 is 5.32 Å². The first-order valence-corrected chi connectivity index (χ1v) is 7.19. The predicted molar refractivity (Wildman–Crippen MR) is 74.6 cm³/mol. The van der Waals surface area contributed by atoms with Crippen molar-refractivity contribution >= 4 is 0 Å². The summed E-state index contributed by atoms with van der Waals surface area (Å²) in [6.45, 7) is 11.0. The van der Waals surface area contributed by atoms with Gasteiger partial charge in [0.2, 0.25) is 0 Å². The van der Waals surface area contributed by atoms with Crippen LogP contribution in [-0.4, -0.2) is 40.4 Å². The van der Waals surface area contributed by atoms with Crippen LogP contribution in [0.5, 0.6) is 0 Å². The second-order valence-corrected chi connectivity index (χ2v) is 5.43. The van der Waals surface area contributed by atoms with Crippen molar-refractivity contribution in [3.8, 4) is 0 Å². The number of aromatic nitrogens is 2. The molecule has 0 saturated carbocycles. The molecule has 0 unspecified atom stereocenters. The SMILES string of the molecule is CCN(Cc1ccn(C(C)C)n1)C1CCNCC1. The molecule has 0 aliphatic carbocycles. The van der Waals surface area contributed by atoms with Gasteiger partial charge in [0, 0.05) is 24.8 Å². The van der Waals surface area contributed by atoms with E-state index in [-0.39, 0.29) is 0 Å². The van der Waals surface area contributed by atoms with Crippen LogP contribution in [0, 0.1) is 0 Å². The van der Waals surface area contributed by atoms with E-state index >= 15 is 0 Å². The lowest BCUT2D eigenvalue weighted by molar-refractivity contribution is 0.160. The van der Waals surface area contributed by atoms with Crippen molar-refractivity contribution < 1.29 is 0 Å². The van der Waals surface area contributed by atoms with Gasteiger partial charge in [-0.3, -0.25) is 9.58 Å². The standard InChI is InChI=1S/C14H26N4/c1-4-17(14-5-8-15-9-6-14)11-13-7-10-18(16-13)12(2)3/h7,10,12,14-15H,4-6,8-9,11H2,1-3H3. The molecule has 1 saturated heterocycles. The Morgan fingerprint density at radius 2 is 2.17 bits per heavy atom. The molecule has 1 fully saturated rings. The Hall–Kier alpha value is -0.870. The number of nitrogens with one attached hydrogen (secondary N) is 1. The first-order valence-electron chi connectivity index (χ1n) is 7.19. The van der Waals surface area contributed by atoms with E-state index in [9.17, 15) is 0 Å². The fourth-order valence-electron chi connectivity index (χ4n) is 2.63. The monoisotopic (exact) mass is 250 g/mol. The third-order valence-electron chi connectivity index (χ3n) is 3.79. The zero-order valence-corrected chi connectivity index (χ0v) is 11.9. The average Bonchev–Trinajstić information content (AvgIpc) is 2.86. The van der Waals surface area contributed by atoms with Gasteiger partial charge in [-0.25, -0.2) is 0 Å². The van der Waals surface area contributed by atoms with Crippen molar-refractivity contribution in [2.45, 2.75) is 52.2 Å². The van der Waals surface area contributed by atoms with Crippen molar-refractivity contribution in [1.82, 2.24) is 20.0 Å². The second kappa shape index (κ2) is 6.34. The fourth-order valence-corrected chi connectivity index (χ4v) is 2.63. The highest BCUT2D eigenvalue weighted by atomic mass is 15.3. The number of hydrogen-bond acceptors (Lipinski definition) is 3. The molecule has 102 valence electrons. The lowest BCUT2D eigenvalue weighted by Crippen LogP contribution is -2.42. The minimum Gasteiger partial charge on any atom is -0.317 e. The lowest BCUT2D eigenvalue weighted by Gasteiger charge is -2.33. The number of hydrogen-bond donors (Lipinski definition) is 1. The highest BCUT2D eigenvalue weighted by Crippen LogP contribution is 2.15. The van der Waals surface area contributed by atoms with Crippen LogP contribution in [0.2, 0.25) is 0 Å². The summed E-state index contributed by atoms with van der Waals surface area (Å²) >= 11 is 0. The molecule has 2 rings (SSSR count). The molecule has 1 aromatic heterocycles. The molecule has 4 heteroatoms. The Morgan fingerprint density at radius 1 is 1.44 bits per heavy atom. The quantitative estimate of drug-likeness (QED) is 0.868. The molecule has 0 bridgehead atoms. The molecule has 0 atom stereocenters. The summed E-state index contributed by atoms with van der Waals surface area (Å²) in [4.78, 5) is 2.56. The number of piperidine rings is 1. The van der Waals surface area contributed by atoms with E-state index in [1.54, 1.807) is 0 Å². The van der Waals surface area contributed by atoms with Gasteiger partial charge in [-0.15, -0.1) is 0 Å². The zero-order chi connectivity index (χ0) is 13.0. The normalized spacial score (nSPS) is 17.8. The maximum atomic E-state index is 4.65. The van der Waals surface area contributed by atoms with E-state index < -0.39 is 0 Å². The molecule has 1 aliphatic rings. The van der Waals surface area contributed by atoms with Gasteiger partial charge in [-0.05, 0) is 52.4 Å². The minimum absolute atomic E-state index is 0.452. The van der Waals surface area contributed by atoms with E-state index in [0.717, 1.165) is 32.2 Å². The third kappa shape index (κ3) is 3.33. The first-order chi connectivity index (χ1) is 8.70. The maximum Gasteiger partial charge on any atom is 0.0764 e. The van der Waals surface area contributed by atoms with Crippen LogP contribution in [0.25, 0.3) is 0 Å². The van der Waals surface area contributed by atoms with Gasteiger partial charge in [0.15, 0.2) is 0 Å². The van der Waals surface area contributed by atoms with Crippen LogP contribution in [0.1, 0.15) is 45.3 Å². The van der Waals surface area contributed by atoms with Gasteiger partial charge in [-0.1, -0.05) is 6.92 Å². The summed E-state index contributed by atoms with van der Waals surface area (Å²) < 4.78 is 2.05. The predicted octanol–water partition coefficient (Wildman–Crippen LogP) is 2.04. The Morgan fingerprint density at radius 3 is 2.72 bits per heavy atom. The molecular formula is C14H26N4. The summed E-state index contributed by atoms with van der Waals surface area (Å²) in [7, 11) is 0. The number of nitrogens with zero attached hydrogens (tertiary/aromatic N) is 3. The van der Waals surface area contributed by atoms with Crippen LogP contribution in [-0.2, 0) is 6.54 Å². The van der Waals surface area contributed by atoms with E-state index in [4.69, 9.17) is 0 Å². The minimum atomic E-state index is 0.452. The van der Waals surface area contributed by atoms with Crippen molar-refractivity contribution in [1.29, 1.82) is 0 Å². The second-order valence-electron chi connectivity index (χ2n) is 5.43. The molecule has 1 aliphatic heterocycles. The first kappa shape index (κ1) is 13.6. The smallest absolute Gasteiger partial charge is 0.0764 e. The van der Waals surface area contributed by atoms with Gasteiger partial charge in [0.25, 0.3) is 0 Å². The Bertz CT molecular complexity index is 352. The number of rotatable bonds is 5. The van der Waals surface area contributed by atoms with Crippen LogP contribution in [0.4, 0.5) is 0 Å². The molecule has 18 heavy (non-hydrogen) atoms. The Balaban J connectivity index is 1.95. The summed E-state index contributed by atoms with van der Waals surface area (Å²) in [5, 5.41) is 8.08. The molecule has 0 radical (unpaired) electrons. The van der Waals surface area contributed by atoms with Gasteiger partial charge in [-0.2, -0.15) is 5.10 Å².